The summed E-state index contributed by atoms with van der Waals surface area (Å²) < 4.78 is 1.30. The van der Waals surface area contributed by atoms with Crippen LogP contribution in [-0.2, 0) is 9.59 Å². The van der Waals surface area contributed by atoms with Crippen LogP contribution in [0.4, 0.5) is 0 Å². The molecule has 0 bridgehead atoms. The summed E-state index contributed by atoms with van der Waals surface area (Å²) >= 11 is 0. The highest BCUT2D eigenvalue weighted by atomic mass is 16.4. The van der Waals surface area contributed by atoms with E-state index in [1.165, 1.54) is 23.3 Å². The molecule has 1 atom stereocenters. The summed E-state index contributed by atoms with van der Waals surface area (Å²) in [5.74, 6) is -2.30. The molecular formula is C7H9N2O4+. The van der Waals surface area contributed by atoms with Crippen molar-refractivity contribution in [1.82, 2.24) is 4.98 Å². The van der Waals surface area contributed by atoms with E-state index in [-0.39, 0.29) is 0 Å². The first-order valence-corrected chi connectivity index (χ1v) is 3.59. The number of nitrogens with one attached hydrogen (secondary N) is 1. The Kier molecular flexibility index (Phi) is 2.63. The van der Waals surface area contributed by atoms with Crippen LogP contribution >= 0.6 is 0 Å². The zero-order valence-electron chi connectivity index (χ0n) is 6.67. The maximum Gasteiger partial charge on any atom is 0.349 e. The highest BCUT2D eigenvalue weighted by molar-refractivity contribution is 5.77. The summed E-state index contributed by atoms with van der Waals surface area (Å²) in [6.45, 7) is 0. The number of hydrogen-bond acceptors (Lipinski definition) is 2. The lowest BCUT2D eigenvalue weighted by Crippen LogP contribution is -2.43. The highest BCUT2D eigenvalue weighted by Crippen LogP contribution is 2.02. The van der Waals surface area contributed by atoms with Gasteiger partial charge in [0.15, 0.2) is 0 Å². The molecule has 0 saturated heterocycles. The number of carbonyl (C=O) groups is 2. The fourth-order valence-corrected chi connectivity index (χ4v) is 0.981. The van der Waals surface area contributed by atoms with E-state index in [0.717, 1.165) is 0 Å². The van der Waals surface area contributed by atoms with Gasteiger partial charge in [-0.15, -0.1) is 0 Å². The first kappa shape index (κ1) is 9.24. The number of carboxylic acid groups (broad SMARTS) is 2. The van der Waals surface area contributed by atoms with E-state index in [9.17, 15) is 9.59 Å². The molecule has 0 aliphatic heterocycles. The van der Waals surface area contributed by atoms with Crippen molar-refractivity contribution in [3.05, 3.63) is 18.7 Å². The smallest absolute Gasteiger partial charge is 0.349 e. The van der Waals surface area contributed by atoms with Crippen LogP contribution in [0.25, 0.3) is 0 Å². The molecule has 0 radical (unpaired) electrons. The van der Waals surface area contributed by atoms with E-state index < -0.39 is 24.4 Å². The Labute approximate surface area is 73.4 Å². The Hall–Kier alpha value is -1.85. The highest BCUT2D eigenvalue weighted by Gasteiger charge is 2.26. The van der Waals surface area contributed by atoms with E-state index in [1.807, 2.05) is 0 Å². The summed E-state index contributed by atoms with van der Waals surface area (Å²) in [7, 11) is 0. The molecular weight excluding hydrogens is 176 g/mol. The number of aromatic nitrogens is 2. The predicted molar refractivity (Wildman–Crippen MR) is 39.9 cm³/mol. The van der Waals surface area contributed by atoms with Gasteiger partial charge in [0.1, 0.15) is 12.4 Å². The minimum Gasteiger partial charge on any atom is -0.481 e. The van der Waals surface area contributed by atoms with E-state index in [4.69, 9.17) is 10.2 Å². The van der Waals surface area contributed by atoms with Crippen molar-refractivity contribution in [1.29, 1.82) is 0 Å². The molecule has 3 N–H and O–H groups in total. The second-order valence-electron chi connectivity index (χ2n) is 2.51. The molecule has 0 aliphatic rings. The first-order chi connectivity index (χ1) is 6.11. The molecule has 1 heterocycles. The number of carboxylic acids is 2. The summed E-state index contributed by atoms with van der Waals surface area (Å²) in [5, 5.41) is 17.1. The number of aromatic amines is 1. The maximum absolute atomic E-state index is 10.6. The second kappa shape index (κ2) is 3.70. The van der Waals surface area contributed by atoms with E-state index >= 15 is 0 Å². The van der Waals surface area contributed by atoms with E-state index in [2.05, 4.69) is 4.98 Å². The third kappa shape index (κ3) is 2.29. The van der Waals surface area contributed by atoms with Crippen LogP contribution in [0.3, 0.4) is 0 Å². The van der Waals surface area contributed by atoms with Crippen molar-refractivity contribution in [3.8, 4) is 0 Å². The van der Waals surface area contributed by atoms with E-state index in [1.54, 1.807) is 0 Å². The Morgan fingerprint density at radius 3 is 2.54 bits per heavy atom. The number of hydrogen-bond donors (Lipinski definition) is 3. The lowest BCUT2D eigenvalue weighted by molar-refractivity contribution is -0.708. The number of nitrogens with zero attached hydrogens (tertiary/aromatic N) is 1. The van der Waals surface area contributed by atoms with Gasteiger partial charge in [-0.1, -0.05) is 0 Å². The molecule has 0 aromatic carbocycles. The maximum atomic E-state index is 10.6. The third-order valence-corrected chi connectivity index (χ3v) is 1.58. The molecule has 1 rings (SSSR count). The fourth-order valence-electron chi connectivity index (χ4n) is 0.981. The van der Waals surface area contributed by atoms with Gasteiger partial charge >= 0.3 is 11.9 Å². The van der Waals surface area contributed by atoms with Gasteiger partial charge in [0.2, 0.25) is 12.4 Å². The van der Waals surface area contributed by atoms with Crippen LogP contribution in [0.1, 0.15) is 12.5 Å². The van der Waals surface area contributed by atoms with Gasteiger partial charge in [0.05, 0.1) is 6.42 Å². The quantitative estimate of drug-likeness (QED) is 0.546. The van der Waals surface area contributed by atoms with Crippen LogP contribution in [0.2, 0.25) is 0 Å². The van der Waals surface area contributed by atoms with Gasteiger partial charge in [-0.2, -0.15) is 0 Å². The second-order valence-corrected chi connectivity index (χ2v) is 2.51. The minimum atomic E-state index is -1.16. The zero-order chi connectivity index (χ0) is 9.84. The lowest BCUT2D eigenvalue weighted by Gasteiger charge is -2.04. The third-order valence-electron chi connectivity index (χ3n) is 1.58. The van der Waals surface area contributed by atoms with E-state index in [0.29, 0.717) is 0 Å². The van der Waals surface area contributed by atoms with Crippen LogP contribution < -0.4 is 4.57 Å². The van der Waals surface area contributed by atoms with Crippen LogP contribution in [0.15, 0.2) is 18.7 Å². The van der Waals surface area contributed by atoms with Crippen molar-refractivity contribution < 1.29 is 24.4 Å². The predicted octanol–water partition coefficient (Wildman–Crippen LogP) is -0.597. The first-order valence-electron chi connectivity index (χ1n) is 3.59. The van der Waals surface area contributed by atoms with Crippen molar-refractivity contribution in [2.24, 2.45) is 0 Å². The molecule has 1 aromatic heterocycles. The molecule has 70 valence electrons. The Morgan fingerprint density at radius 1 is 1.46 bits per heavy atom. The van der Waals surface area contributed by atoms with Gasteiger partial charge in [0, 0.05) is 0 Å². The molecule has 0 unspecified atom stereocenters. The normalized spacial score (nSPS) is 12.3. The zero-order valence-corrected chi connectivity index (χ0v) is 6.67. The molecule has 1 aromatic rings. The monoisotopic (exact) mass is 185 g/mol. The fraction of sp³-hybridized carbons (Fsp3) is 0.286. The van der Waals surface area contributed by atoms with Crippen LogP contribution in [0.5, 0.6) is 0 Å². The average Bonchev–Trinajstić information content (AvgIpc) is 2.50. The number of rotatable bonds is 4. The summed E-state index contributed by atoms with van der Waals surface area (Å²) in [6.07, 6.45) is 3.97. The number of H-pyrrole nitrogens is 1. The SMILES string of the molecule is O=C(O)C[C@H](C(=O)O)[n+]1cc[nH]c1. The molecule has 0 fully saturated rings. The number of aliphatic carboxylic acids is 2. The molecule has 0 aliphatic carbocycles. The van der Waals surface area contributed by atoms with Gasteiger partial charge in [0.25, 0.3) is 0 Å². The van der Waals surface area contributed by atoms with Crippen molar-refractivity contribution in [2.45, 2.75) is 12.5 Å². The van der Waals surface area contributed by atoms with Gasteiger partial charge < -0.3 is 10.2 Å². The molecule has 0 saturated carbocycles. The Morgan fingerprint density at radius 2 is 2.15 bits per heavy atom. The largest absolute Gasteiger partial charge is 0.481 e. The standard InChI is InChI=1S/C7H8N2O4/c10-6(11)3-5(7(12)13)9-2-1-8-4-9/h1-2,4-5H,3H2,(H2,10,11,12,13)/p+1/t5-/m1/s1. The molecule has 0 amide bonds. The summed E-state index contributed by atoms with van der Waals surface area (Å²) in [5.41, 5.74) is 0. The van der Waals surface area contributed by atoms with Crippen molar-refractivity contribution in [3.63, 3.8) is 0 Å². The summed E-state index contributed by atoms with van der Waals surface area (Å²) in [6, 6.07) is -1.05. The van der Waals surface area contributed by atoms with Crippen LogP contribution in [0, 0.1) is 0 Å². The van der Waals surface area contributed by atoms with Gasteiger partial charge in [-0.3, -0.25) is 9.78 Å². The summed E-state index contributed by atoms with van der Waals surface area (Å²) in [4.78, 5) is 23.6. The Bertz CT molecular complexity index is 306. The minimum absolute atomic E-state index is 0.433. The van der Waals surface area contributed by atoms with Crippen LogP contribution in [-0.4, -0.2) is 27.1 Å². The molecule has 0 spiro atoms. The van der Waals surface area contributed by atoms with Gasteiger partial charge in [-0.25, -0.2) is 9.36 Å². The number of imidazole rings is 1. The van der Waals surface area contributed by atoms with Crippen molar-refractivity contribution in [2.75, 3.05) is 0 Å². The lowest BCUT2D eigenvalue weighted by atomic mass is 10.2. The topological polar surface area (TPSA) is 94.3 Å². The van der Waals surface area contributed by atoms with Gasteiger partial charge in [-0.05, 0) is 0 Å². The van der Waals surface area contributed by atoms with Crippen molar-refractivity contribution >= 4 is 11.9 Å². The molecule has 13 heavy (non-hydrogen) atoms. The molecule has 6 nitrogen and oxygen atoms in total. The Balaban J connectivity index is 2.81. The average molecular weight is 185 g/mol. The molecule has 6 heteroatoms.